The van der Waals surface area contributed by atoms with Crippen LogP contribution in [0.4, 0.5) is 0 Å². The first-order valence-corrected chi connectivity index (χ1v) is 7.67. The summed E-state index contributed by atoms with van der Waals surface area (Å²) in [5.41, 5.74) is 1.24. The Labute approximate surface area is 118 Å². The third-order valence-electron chi connectivity index (χ3n) is 3.09. The molecular weight excluding hydrogens is 262 g/mol. The summed E-state index contributed by atoms with van der Waals surface area (Å²) in [6.45, 7) is 4.94. The van der Waals surface area contributed by atoms with Gasteiger partial charge in [0, 0.05) is 25.1 Å². The molecule has 1 unspecified atom stereocenters. The van der Waals surface area contributed by atoms with Crippen LogP contribution in [0.25, 0.3) is 0 Å². The molecular formula is C14H21NO3S. The molecule has 0 saturated carbocycles. The van der Waals surface area contributed by atoms with E-state index in [-0.39, 0.29) is 6.10 Å². The predicted molar refractivity (Wildman–Crippen MR) is 77.4 cm³/mol. The number of benzene rings is 1. The van der Waals surface area contributed by atoms with Gasteiger partial charge < -0.3 is 19.5 Å². The summed E-state index contributed by atoms with van der Waals surface area (Å²) >= 11 is 1.73. The fourth-order valence-electron chi connectivity index (χ4n) is 1.93. The van der Waals surface area contributed by atoms with E-state index in [9.17, 15) is 0 Å². The van der Waals surface area contributed by atoms with Gasteiger partial charge in [-0.3, -0.25) is 0 Å². The number of hydrogen-bond donors (Lipinski definition) is 1. The number of hydrogen-bond acceptors (Lipinski definition) is 5. The molecule has 1 N–H and O–H groups in total. The summed E-state index contributed by atoms with van der Waals surface area (Å²) in [5, 5.41) is 3.40. The Morgan fingerprint density at radius 2 is 2.00 bits per heavy atom. The normalized spacial score (nSPS) is 15.3. The van der Waals surface area contributed by atoms with Crippen LogP contribution in [0.15, 0.2) is 17.0 Å². The molecule has 19 heavy (non-hydrogen) atoms. The molecule has 0 aliphatic carbocycles. The summed E-state index contributed by atoms with van der Waals surface area (Å²) in [6.07, 6.45) is 2.29. The van der Waals surface area contributed by atoms with Crippen LogP contribution in [0.3, 0.4) is 0 Å². The molecule has 0 bridgehead atoms. The molecule has 1 aliphatic rings. The lowest BCUT2D eigenvalue weighted by molar-refractivity contribution is 0.117. The molecule has 2 rings (SSSR count). The van der Waals surface area contributed by atoms with Crippen LogP contribution in [0.5, 0.6) is 11.5 Å². The van der Waals surface area contributed by atoms with E-state index in [4.69, 9.17) is 14.2 Å². The monoisotopic (exact) mass is 283 g/mol. The largest absolute Gasteiger partial charge is 0.486 e. The first-order valence-electron chi connectivity index (χ1n) is 6.44. The quantitative estimate of drug-likeness (QED) is 0.811. The summed E-state index contributed by atoms with van der Waals surface area (Å²) in [5.74, 6) is 1.70. The average Bonchev–Trinajstić information content (AvgIpc) is 2.46. The van der Waals surface area contributed by atoms with Crippen molar-refractivity contribution in [2.45, 2.75) is 24.5 Å². The third kappa shape index (κ3) is 3.78. The second-order valence-corrected chi connectivity index (χ2v) is 5.33. The van der Waals surface area contributed by atoms with Crippen LogP contribution < -0.4 is 14.8 Å². The van der Waals surface area contributed by atoms with Crippen molar-refractivity contribution in [3.8, 4) is 11.5 Å². The number of rotatable bonds is 6. The lowest BCUT2D eigenvalue weighted by atomic mass is 10.2. The first-order chi connectivity index (χ1) is 9.24. The van der Waals surface area contributed by atoms with E-state index in [0.29, 0.717) is 13.2 Å². The molecule has 106 valence electrons. The first kappa shape index (κ1) is 14.5. The maximum Gasteiger partial charge on any atom is 0.162 e. The van der Waals surface area contributed by atoms with E-state index in [0.717, 1.165) is 24.6 Å². The molecule has 0 saturated heterocycles. The van der Waals surface area contributed by atoms with Crippen LogP contribution in [0.1, 0.15) is 12.5 Å². The van der Waals surface area contributed by atoms with Crippen LogP contribution >= 0.6 is 11.8 Å². The second-order valence-electron chi connectivity index (χ2n) is 4.48. The summed E-state index contributed by atoms with van der Waals surface area (Å²) < 4.78 is 16.5. The number of fused-ring (bicyclic) bond motifs is 1. The molecule has 0 radical (unpaired) electrons. The molecule has 1 aliphatic heterocycles. The predicted octanol–water partition coefficient (Wildman–Crippen LogP) is 2.30. The van der Waals surface area contributed by atoms with Gasteiger partial charge in [0.25, 0.3) is 0 Å². The van der Waals surface area contributed by atoms with E-state index < -0.39 is 0 Å². The summed E-state index contributed by atoms with van der Waals surface area (Å²) in [7, 11) is 1.73. The van der Waals surface area contributed by atoms with E-state index in [1.54, 1.807) is 18.9 Å². The lowest BCUT2D eigenvalue weighted by Gasteiger charge is -2.21. The van der Waals surface area contributed by atoms with Gasteiger partial charge in [-0.2, -0.15) is 0 Å². The highest BCUT2D eigenvalue weighted by molar-refractivity contribution is 7.98. The fraction of sp³-hybridized carbons (Fsp3) is 0.571. The molecule has 0 amide bonds. The van der Waals surface area contributed by atoms with Crippen molar-refractivity contribution in [3.63, 3.8) is 0 Å². The van der Waals surface area contributed by atoms with Gasteiger partial charge in [0.1, 0.15) is 13.2 Å². The van der Waals surface area contributed by atoms with E-state index in [1.165, 1.54) is 10.5 Å². The highest BCUT2D eigenvalue weighted by Crippen LogP contribution is 2.36. The van der Waals surface area contributed by atoms with Gasteiger partial charge in [-0.25, -0.2) is 0 Å². The highest BCUT2D eigenvalue weighted by Gasteiger charge is 2.15. The van der Waals surface area contributed by atoms with Crippen molar-refractivity contribution >= 4 is 11.8 Å². The maximum atomic E-state index is 5.63. The van der Waals surface area contributed by atoms with Crippen LogP contribution in [0.2, 0.25) is 0 Å². The SMILES string of the molecule is COC(C)CNCc1cc2c(cc1SC)OCCO2. The number of nitrogens with one attached hydrogen (secondary N) is 1. The minimum atomic E-state index is 0.218. The minimum Gasteiger partial charge on any atom is -0.486 e. The summed E-state index contributed by atoms with van der Waals surface area (Å²) in [6, 6.07) is 4.14. The van der Waals surface area contributed by atoms with Gasteiger partial charge >= 0.3 is 0 Å². The highest BCUT2D eigenvalue weighted by atomic mass is 32.2. The van der Waals surface area contributed by atoms with Gasteiger partial charge in [0.2, 0.25) is 0 Å². The Morgan fingerprint density at radius 1 is 1.32 bits per heavy atom. The standard InChI is InChI=1S/C14H21NO3S/c1-10(16-2)8-15-9-11-6-12-13(7-14(11)19-3)18-5-4-17-12/h6-7,10,15H,4-5,8-9H2,1-3H3. The van der Waals surface area contributed by atoms with E-state index >= 15 is 0 Å². The van der Waals surface area contributed by atoms with Crippen LogP contribution in [0, 0.1) is 0 Å². The van der Waals surface area contributed by atoms with Crippen molar-refractivity contribution in [2.24, 2.45) is 0 Å². The van der Waals surface area contributed by atoms with Gasteiger partial charge in [-0.05, 0) is 30.9 Å². The zero-order valence-corrected chi connectivity index (χ0v) is 12.5. The Morgan fingerprint density at radius 3 is 2.63 bits per heavy atom. The van der Waals surface area contributed by atoms with E-state index in [1.807, 2.05) is 6.92 Å². The van der Waals surface area contributed by atoms with Crippen molar-refractivity contribution in [2.75, 3.05) is 33.1 Å². The molecule has 0 spiro atoms. The number of ether oxygens (including phenoxy) is 3. The lowest BCUT2D eigenvalue weighted by Crippen LogP contribution is -2.26. The van der Waals surface area contributed by atoms with Crippen molar-refractivity contribution in [3.05, 3.63) is 17.7 Å². The maximum absolute atomic E-state index is 5.63. The Bertz CT molecular complexity index is 425. The summed E-state index contributed by atoms with van der Waals surface area (Å²) in [4.78, 5) is 1.22. The number of methoxy groups -OCH3 is 1. The molecule has 1 aromatic carbocycles. The Kier molecular flexibility index (Phi) is 5.36. The topological polar surface area (TPSA) is 39.7 Å². The van der Waals surface area contributed by atoms with Crippen molar-refractivity contribution in [1.82, 2.24) is 5.32 Å². The molecule has 1 atom stereocenters. The molecule has 0 fully saturated rings. The van der Waals surface area contributed by atoms with Crippen molar-refractivity contribution in [1.29, 1.82) is 0 Å². The van der Waals surface area contributed by atoms with E-state index in [2.05, 4.69) is 23.7 Å². The van der Waals surface area contributed by atoms with Crippen LogP contribution in [-0.4, -0.2) is 39.2 Å². The fourth-order valence-corrected chi connectivity index (χ4v) is 2.55. The molecule has 5 heteroatoms. The Hall–Kier alpha value is -0.910. The number of thioether (sulfide) groups is 1. The Balaban J connectivity index is 2.06. The minimum absolute atomic E-state index is 0.218. The third-order valence-corrected chi connectivity index (χ3v) is 3.91. The van der Waals surface area contributed by atoms with Crippen molar-refractivity contribution < 1.29 is 14.2 Å². The zero-order valence-electron chi connectivity index (χ0n) is 11.7. The second kappa shape index (κ2) is 7.03. The van der Waals surface area contributed by atoms with Gasteiger partial charge in [0.05, 0.1) is 6.10 Å². The zero-order chi connectivity index (χ0) is 13.7. The molecule has 4 nitrogen and oxygen atoms in total. The van der Waals surface area contributed by atoms with Gasteiger partial charge in [-0.15, -0.1) is 11.8 Å². The van der Waals surface area contributed by atoms with Crippen LogP contribution in [-0.2, 0) is 11.3 Å². The molecule has 1 aromatic rings. The van der Waals surface area contributed by atoms with Gasteiger partial charge in [-0.1, -0.05) is 0 Å². The smallest absolute Gasteiger partial charge is 0.162 e. The average molecular weight is 283 g/mol. The molecule has 1 heterocycles. The molecule has 0 aromatic heterocycles. The van der Waals surface area contributed by atoms with Gasteiger partial charge in [0.15, 0.2) is 11.5 Å².